The zero-order valence-corrected chi connectivity index (χ0v) is 12.4. The van der Waals surface area contributed by atoms with Crippen molar-refractivity contribution in [3.05, 3.63) is 18.2 Å². The number of aromatic nitrogens is 2. The fourth-order valence-corrected chi connectivity index (χ4v) is 3.36. The first-order valence-electron chi connectivity index (χ1n) is 7.50. The van der Waals surface area contributed by atoms with E-state index in [1.807, 2.05) is 6.20 Å². The standard InChI is InChI=1S/C15H27N3O/c1-4-5-14-16-8-9-18(14)13-6-7-15(10-13,11-19)17-12(2)3/h8-9,12-13,17,19H,4-7,10-11H2,1-3H3. The SMILES string of the molecule is CCCc1nccn1C1CCC(CO)(NC(C)C)C1. The summed E-state index contributed by atoms with van der Waals surface area (Å²) in [6.45, 7) is 6.69. The van der Waals surface area contributed by atoms with Crippen LogP contribution in [0.3, 0.4) is 0 Å². The third kappa shape index (κ3) is 3.18. The van der Waals surface area contributed by atoms with Crippen molar-refractivity contribution in [1.29, 1.82) is 0 Å². The number of hydrogen-bond acceptors (Lipinski definition) is 3. The number of nitrogens with one attached hydrogen (secondary N) is 1. The Morgan fingerprint density at radius 2 is 2.37 bits per heavy atom. The molecular formula is C15H27N3O. The number of rotatable bonds is 6. The van der Waals surface area contributed by atoms with Crippen LogP contribution in [0, 0.1) is 0 Å². The normalized spacial score (nSPS) is 27.3. The third-order valence-corrected chi connectivity index (χ3v) is 4.10. The van der Waals surface area contributed by atoms with Crippen LogP contribution in [-0.4, -0.2) is 32.8 Å². The van der Waals surface area contributed by atoms with Gasteiger partial charge in [0.2, 0.25) is 0 Å². The van der Waals surface area contributed by atoms with Crippen LogP contribution in [-0.2, 0) is 6.42 Å². The minimum atomic E-state index is -0.105. The van der Waals surface area contributed by atoms with E-state index in [0.29, 0.717) is 12.1 Å². The average Bonchev–Trinajstić information content (AvgIpc) is 2.96. The second kappa shape index (κ2) is 6.06. The van der Waals surface area contributed by atoms with E-state index >= 15 is 0 Å². The molecule has 1 fully saturated rings. The van der Waals surface area contributed by atoms with Gasteiger partial charge in [-0.1, -0.05) is 20.8 Å². The lowest BCUT2D eigenvalue weighted by molar-refractivity contribution is 0.151. The molecular weight excluding hydrogens is 238 g/mol. The van der Waals surface area contributed by atoms with E-state index in [0.717, 1.165) is 32.1 Å². The maximum absolute atomic E-state index is 9.77. The molecule has 0 radical (unpaired) electrons. The zero-order valence-electron chi connectivity index (χ0n) is 12.4. The largest absolute Gasteiger partial charge is 0.394 e. The molecule has 2 unspecified atom stereocenters. The lowest BCUT2D eigenvalue weighted by Gasteiger charge is -2.31. The fourth-order valence-electron chi connectivity index (χ4n) is 3.36. The zero-order chi connectivity index (χ0) is 13.9. The van der Waals surface area contributed by atoms with Crippen LogP contribution in [0.2, 0.25) is 0 Å². The molecule has 1 aromatic heterocycles. The van der Waals surface area contributed by atoms with Crippen LogP contribution in [0.5, 0.6) is 0 Å². The summed E-state index contributed by atoms with van der Waals surface area (Å²) < 4.78 is 2.32. The Kier molecular flexibility index (Phi) is 4.63. The molecule has 0 bridgehead atoms. The highest BCUT2D eigenvalue weighted by molar-refractivity contribution is 5.04. The van der Waals surface area contributed by atoms with Gasteiger partial charge in [0.05, 0.1) is 6.61 Å². The molecule has 1 aliphatic carbocycles. The number of hydrogen-bond donors (Lipinski definition) is 2. The monoisotopic (exact) mass is 265 g/mol. The average molecular weight is 265 g/mol. The van der Waals surface area contributed by atoms with E-state index in [1.165, 1.54) is 5.82 Å². The van der Waals surface area contributed by atoms with Crippen LogP contribution < -0.4 is 5.32 Å². The Hall–Kier alpha value is -0.870. The highest BCUT2D eigenvalue weighted by Crippen LogP contribution is 2.38. The third-order valence-electron chi connectivity index (χ3n) is 4.10. The lowest BCUT2D eigenvalue weighted by Crippen LogP contribution is -2.49. The number of aliphatic hydroxyl groups is 1. The second-order valence-electron chi connectivity index (χ2n) is 6.13. The highest BCUT2D eigenvalue weighted by Gasteiger charge is 2.39. The van der Waals surface area contributed by atoms with Gasteiger partial charge in [-0.3, -0.25) is 0 Å². The van der Waals surface area contributed by atoms with Crippen molar-refractivity contribution in [3.63, 3.8) is 0 Å². The molecule has 19 heavy (non-hydrogen) atoms. The molecule has 0 saturated heterocycles. The van der Waals surface area contributed by atoms with Crippen molar-refractivity contribution >= 4 is 0 Å². The minimum absolute atomic E-state index is 0.105. The Morgan fingerprint density at radius 1 is 1.58 bits per heavy atom. The number of aryl methyl sites for hydroxylation is 1. The molecule has 4 heteroatoms. The van der Waals surface area contributed by atoms with E-state index in [1.54, 1.807) is 0 Å². The van der Waals surface area contributed by atoms with Gasteiger partial charge in [-0.15, -0.1) is 0 Å². The van der Waals surface area contributed by atoms with E-state index < -0.39 is 0 Å². The van der Waals surface area contributed by atoms with Gasteiger partial charge in [0.25, 0.3) is 0 Å². The molecule has 0 aromatic carbocycles. The van der Waals surface area contributed by atoms with E-state index in [2.05, 4.69) is 41.8 Å². The first-order chi connectivity index (χ1) is 9.10. The van der Waals surface area contributed by atoms with E-state index in [4.69, 9.17) is 0 Å². The van der Waals surface area contributed by atoms with Gasteiger partial charge in [-0.05, 0) is 25.7 Å². The van der Waals surface area contributed by atoms with Gasteiger partial charge in [0.15, 0.2) is 0 Å². The van der Waals surface area contributed by atoms with Crippen molar-refractivity contribution in [2.45, 2.75) is 70.5 Å². The lowest BCUT2D eigenvalue weighted by atomic mass is 9.97. The molecule has 1 aromatic rings. The predicted molar refractivity (Wildman–Crippen MR) is 77.2 cm³/mol. The molecule has 0 aliphatic heterocycles. The molecule has 2 atom stereocenters. The second-order valence-corrected chi connectivity index (χ2v) is 6.13. The Labute approximate surface area is 116 Å². The molecule has 0 spiro atoms. The quantitative estimate of drug-likeness (QED) is 0.829. The van der Waals surface area contributed by atoms with Crippen LogP contribution in [0.4, 0.5) is 0 Å². The molecule has 1 saturated carbocycles. The summed E-state index contributed by atoms with van der Waals surface area (Å²) in [5.41, 5.74) is -0.105. The van der Waals surface area contributed by atoms with Crippen molar-refractivity contribution < 1.29 is 5.11 Å². The van der Waals surface area contributed by atoms with Crippen LogP contribution in [0.25, 0.3) is 0 Å². The van der Waals surface area contributed by atoms with Crippen molar-refractivity contribution in [3.8, 4) is 0 Å². The van der Waals surface area contributed by atoms with Gasteiger partial charge < -0.3 is 15.0 Å². The maximum Gasteiger partial charge on any atom is 0.108 e. The number of aliphatic hydroxyl groups excluding tert-OH is 1. The molecule has 2 rings (SSSR count). The molecule has 108 valence electrons. The van der Waals surface area contributed by atoms with Gasteiger partial charge in [-0.25, -0.2) is 4.98 Å². The smallest absolute Gasteiger partial charge is 0.108 e. The van der Waals surface area contributed by atoms with E-state index in [-0.39, 0.29) is 12.1 Å². The highest BCUT2D eigenvalue weighted by atomic mass is 16.3. The van der Waals surface area contributed by atoms with E-state index in [9.17, 15) is 5.11 Å². The Morgan fingerprint density at radius 3 is 3.00 bits per heavy atom. The Bertz CT molecular complexity index is 402. The summed E-state index contributed by atoms with van der Waals surface area (Å²) in [6.07, 6.45) is 9.31. The first kappa shape index (κ1) is 14.5. The van der Waals surface area contributed by atoms with Gasteiger partial charge in [-0.2, -0.15) is 0 Å². The molecule has 2 N–H and O–H groups in total. The van der Waals surface area contributed by atoms with Crippen LogP contribution in [0.15, 0.2) is 12.4 Å². The summed E-state index contributed by atoms with van der Waals surface area (Å²) in [5, 5.41) is 13.3. The van der Waals surface area contributed by atoms with Crippen molar-refractivity contribution in [1.82, 2.24) is 14.9 Å². The van der Waals surface area contributed by atoms with Gasteiger partial charge >= 0.3 is 0 Å². The molecule has 0 amide bonds. The molecule has 4 nitrogen and oxygen atoms in total. The first-order valence-corrected chi connectivity index (χ1v) is 7.50. The fraction of sp³-hybridized carbons (Fsp3) is 0.800. The number of imidazole rings is 1. The summed E-state index contributed by atoms with van der Waals surface area (Å²) in [7, 11) is 0. The summed E-state index contributed by atoms with van der Waals surface area (Å²) in [6, 6.07) is 0.881. The predicted octanol–water partition coefficient (Wildman–Crippen LogP) is 2.29. The van der Waals surface area contributed by atoms with Crippen LogP contribution in [0.1, 0.15) is 58.3 Å². The summed E-state index contributed by atoms with van der Waals surface area (Å²) >= 11 is 0. The van der Waals surface area contributed by atoms with Gasteiger partial charge in [0.1, 0.15) is 5.82 Å². The minimum Gasteiger partial charge on any atom is -0.394 e. The summed E-state index contributed by atoms with van der Waals surface area (Å²) in [4.78, 5) is 4.47. The van der Waals surface area contributed by atoms with Gasteiger partial charge in [0, 0.05) is 36.4 Å². The van der Waals surface area contributed by atoms with Crippen molar-refractivity contribution in [2.24, 2.45) is 0 Å². The van der Waals surface area contributed by atoms with Crippen LogP contribution >= 0.6 is 0 Å². The van der Waals surface area contributed by atoms with Crippen molar-refractivity contribution in [2.75, 3.05) is 6.61 Å². The number of nitrogens with zero attached hydrogens (tertiary/aromatic N) is 2. The maximum atomic E-state index is 9.77. The topological polar surface area (TPSA) is 50.1 Å². The molecule has 1 heterocycles. The molecule has 1 aliphatic rings. The Balaban J connectivity index is 2.10. The summed E-state index contributed by atoms with van der Waals surface area (Å²) in [5.74, 6) is 1.19.